The van der Waals surface area contributed by atoms with E-state index < -0.39 is 5.97 Å². The number of fused-ring (bicyclic) bond motifs is 1. The maximum Gasteiger partial charge on any atom is 0.307 e. The number of anilines is 1. The van der Waals surface area contributed by atoms with Crippen molar-refractivity contribution in [3.8, 4) is 11.5 Å². The van der Waals surface area contributed by atoms with Gasteiger partial charge < -0.3 is 19.5 Å². The zero-order valence-corrected chi connectivity index (χ0v) is 14.9. The molecule has 1 N–H and O–H groups in total. The van der Waals surface area contributed by atoms with Gasteiger partial charge in [-0.25, -0.2) is 9.97 Å². The molecule has 0 fully saturated rings. The van der Waals surface area contributed by atoms with Gasteiger partial charge in [-0.1, -0.05) is 11.6 Å². The van der Waals surface area contributed by atoms with Crippen LogP contribution in [0.25, 0.3) is 10.9 Å². The fourth-order valence-corrected chi connectivity index (χ4v) is 2.88. The van der Waals surface area contributed by atoms with Crippen molar-refractivity contribution in [3.05, 3.63) is 30.1 Å². The summed E-state index contributed by atoms with van der Waals surface area (Å²) in [7, 11) is 3.18. The number of ether oxygens (including phenoxy) is 2. The largest absolute Gasteiger partial charge is 0.493 e. The van der Waals surface area contributed by atoms with Gasteiger partial charge >= 0.3 is 5.97 Å². The highest BCUT2D eigenvalue weighted by Gasteiger charge is 2.19. The molecule has 1 aromatic heterocycles. The van der Waals surface area contributed by atoms with Crippen molar-refractivity contribution in [2.24, 2.45) is 0 Å². The zero-order chi connectivity index (χ0) is 17.1. The summed E-state index contributed by atoms with van der Waals surface area (Å²) >= 11 is 0. The molecular weight excluding hydrogens is 346 g/mol. The Morgan fingerprint density at radius 2 is 1.96 bits per heavy atom. The zero-order valence-electron chi connectivity index (χ0n) is 14.1. The van der Waals surface area contributed by atoms with Crippen LogP contribution in [-0.4, -0.2) is 48.4 Å². The minimum atomic E-state index is -0.793. The Morgan fingerprint density at radius 1 is 1.24 bits per heavy atom. The number of benzene rings is 1. The van der Waals surface area contributed by atoms with Gasteiger partial charge in [-0.15, -0.1) is 12.4 Å². The Morgan fingerprint density at radius 3 is 2.56 bits per heavy atom. The van der Waals surface area contributed by atoms with E-state index in [1.165, 1.54) is 6.33 Å². The van der Waals surface area contributed by atoms with Crippen molar-refractivity contribution >= 4 is 35.1 Å². The van der Waals surface area contributed by atoms with Crippen molar-refractivity contribution in [1.82, 2.24) is 9.97 Å². The number of rotatable bonds is 5. The van der Waals surface area contributed by atoms with Gasteiger partial charge in [0.15, 0.2) is 11.5 Å². The molecule has 3 rings (SSSR count). The standard InChI is InChI=1S/C17H19N3O4.ClH/c1-23-14-8-12-13(9-15(14)24-2)18-10-19-17(12)20-5-3-11(4-6-20)7-16(21)22;/h3,8-10H,4-7H2,1-2H3,(H,21,22);1H. The molecule has 0 aliphatic carbocycles. The summed E-state index contributed by atoms with van der Waals surface area (Å²) in [6, 6.07) is 3.70. The van der Waals surface area contributed by atoms with E-state index in [0.717, 1.165) is 28.8 Å². The number of hydrogen-bond donors (Lipinski definition) is 1. The lowest BCUT2D eigenvalue weighted by atomic mass is 10.0. The van der Waals surface area contributed by atoms with Gasteiger partial charge in [-0.05, 0) is 12.5 Å². The van der Waals surface area contributed by atoms with E-state index >= 15 is 0 Å². The Labute approximate surface area is 151 Å². The van der Waals surface area contributed by atoms with Crippen LogP contribution in [0.5, 0.6) is 11.5 Å². The van der Waals surface area contributed by atoms with Gasteiger partial charge in [0, 0.05) is 24.5 Å². The molecule has 0 bridgehead atoms. The van der Waals surface area contributed by atoms with Crippen LogP contribution in [0.4, 0.5) is 5.82 Å². The third-order valence-corrected chi connectivity index (χ3v) is 4.10. The van der Waals surface area contributed by atoms with Crippen LogP contribution in [-0.2, 0) is 4.79 Å². The van der Waals surface area contributed by atoms with E-state index in [1.54, 1.807) is 14.2 Å². The van der Waals surface area contributed by atoms with Gasteiger partial charge in [-0.2, -0.15) is 0 Å². The Hall–Kier alpha value is -2.54. The third-order valence-electron chi connectivity index (χ3n) is 4.10. The highest BCUT2D eigenvalue weighted by molar-refractivity contribution is 5.92. The first-order valence-electron chi connectivity index (χ1n) is 7.63. The van der Waals surface area contributed by atoms with Crippen LogP contribution in [0.3, 0.4) is 0 Å². The number of methoxy groups -OCH3 is 2. The monoisotopic (exact) mass is 365 g/mol. The first-order chi connectivity index (χ1) is 11.6. The van der Waals surface area contributed by atoms with Gasteiger partial charge in [0.2, 0.25) is 0 Å². The molecule has 1 aromatic carbocycles. The second-order valence-electron chi connectivity index (χ2n) is 5.55. The average molecular weight is 366 g/mol. The van der Waals surface area contributed by atoms with E-state index in [2.05, 4.69) is 14.9 Å². The maximum atomic E-state index is 10.8. The van der Waals surface area contributed by atoms with Crippen molar-refractivity contribution in [2.45, 2.75) is 12.8 Å². The predicted octanol–water partition coefficient (Wildman–Crippen LogP) is 2.68. The van der Waals surface area contributed by atoms with Gasteiger partial charge in [0.25, 0.3) is 0 Å². The summed E-state index contributed by atoms with van der Waals surface area (Å²) in [6.45, 7) is 1.35. The van der Waals surface area contributed by atoms with Crippen LogP contribution in [0.2, 0.25) is 0 Å². The van der Waals surface area contributed by atoms with Gasteiger partial charge in [0.1, 0.15) is 12.1 Å². The molecule has 0 amide bonds. The highest BCUT2D eigenvalue weighted by atomic mass is 35.5. The number of aliphatic carboxylic acids is 1. The average Bonchev–Trinajstić information content (AvgIpc) is 2.60. The van der Waals surface area contributed by atoms with Crippen LogP contribution >= 0.6 is 12.4 Å². The highest BCUT2D eigenvalue weighted by Crippen LogP contribution is 2.35. The molecule has 7 nitrogen and oxygen atoms in total. The molecule has 134 valence electrons. The molecule has 25 heavy (non-hydrogen) atoms. The lowest BCUT2D eigenvalue weighted by Crippen LogP contribution is -2.30. The summed E-state index contributed by atoms with van der Waals surface area (Å²) < 4.78 is 10.7. The van der Waals surface area contributed by atoms with E-state index in [1.807, 2.05) is 18.2 Å². The second-order valence-corrected chi connectivity index (χ2v) is 5.55. The molecule has 0 saturated carbocycles. The smallest absolute Gasteiger partial charge is 0.307 e. The molecule has 0 spiro atoms. The molecular formula is C17H20ClN3O4. The Bertz CT molecular complexity index is 810. The van der Waals surface area contributed by atoms with Crippen molar-refractivity contribution < 1.29 is 19.4 Å². The molecule has 0 radical (unpaired) electrons. The minimum absolute atomic E-state index is 0. The summed E-state index contributed by atoms with van der Waals surface area (Å²) in [6.07, 6.45) is 4.31. The molecule has 0 saturated heterocycles. The molecule has 1 aliphatic heterocycles. The number of aromatic nitrogens is 2. The molecule has 2 heterocycles. The van der Waals surface area contributed by atoms with Crippen LogP contribution in [0.1, 0.15) is 12.8 Å². The van der Waals surface area contributed by atoms with Crippen molar-refractivity contribution in [3.63, 3.8) is 0 Å². The third kappa shape index (κ3) is 3.93. The fourth-order valence-electron chi connectivity index (χ4n) is 2.88. The number of halogens is 1. The second kappa shape index (κ2) is 8.02. The molecule has 0 unspecified atom stereocenters. The maximum absolute atomic E-state index is 10.8. The van der Waals surface area contributed by atoms with Gasteiger partial charge in [0.05, 0.1) is 26.2 Å². The first-order valence-corrected chi connectivity index (χ1v) is 7.63. The number of nitrogens with zero attached hydrogens (tertiary/aromatic N) is 3. The number of carboxylic acids is 1. The van der Waals surface area contributed by atoms with Gasteiger partial charge in [-0.3, -0.25) is 4.79 Å². The van der Waals surface area contributed by atoms with Crippen LogP contribution in [0.15, 0.2) is 30.1 Å². The SMILES string of the molecule is COc1cc2ncnc(N3CC=C(CC(=O)O)CC3)c2cc1OC.Cl. The van der Waals surface area contributed by atoms with E-state index in [0.29, 0.717) is 24.5 Å². The molecule has 8 heteroatoms. The molecule has 1 aliphatic rings. The normalized spacial score (nSPS) is 13.8. The lowest BCUT2D eigenvalue weighted by molar-refractivity contribution is -0.136. The molecule has 0 atom stereocenters. The summed E-state index contributed by atoms with van der Waals surface area (Å²) in [5.41, 5.74) is 1.73. The Kier molecular flexibility index (Phi) is 6.03. The summed E-state index contributed by atoms with van der Waals surface area (Å²) in [4.78, 5) is 21.7. The van der Waals surface area contributed by atoms with E-state index in [4.69, 9.17) is 14.6 Å². The number of carbonyl (C=O) groups is 1. The van der Waals surface area contributed by atoms with E-state index in [9.17, 15) is 4.79 Å². The fraction of sp³-hybridized carbons (Fsp3) is 0.353. The number of carboxylic acid groups (broad SMARTS) is 1. The summed E-state index contributed by atoms with van der Waals surface area (Å²) in [5, 5.41) is 9.78. The predicted molar refractivity (Wildman–Crippen MR) is 97.1 cm³/mol. The first kappa shape index (κ1) is 18.8. The summed E-state index contributed by atoms with van der Waals surface area (Å²) in [5.74, 6) is 1.27. The molecule has 2 aromatic rings. The lowest BCUT2D eigenvalue weighted by Gasteiger charge is -2.28. The van der Waals surface area contributed by atoms with Crippen molar-refractivity contribution in [2.75, 3.05) is 32.2 Å². The van der Waals surface area contributed by atoms with Crippen LogP contribution < -0.4 is 14.4 Å². The quantitative estimate of drug-likeness (QED) is 0.815. The topological polar surface area (TPSA) is 84.8 Å². The van der Waals surface area contributed by atoms with Crippen LogP contribution in [0, 0.1) is 0 Å². The van der Waals surface area contributed by atoms with E-state index in [-0.39, 0.29) is 18.8 Å². The minimum Gasteiger partial charge on any atom is -0.493 e. The van der Waals surface area contributed by atoms with Crippen molar-refractivity contribution in [1.29, 1.82) is 0 Å². The Balaban J connectivity index is 0.00000225. The number of hydrogen-bond acceptors (Lipinski definition) is 6.